The predicted molar refractivity (Wildman–Crippen MR) is 72.7 cm³/mol. The van der Waals surface area contributed by atoms with Gasteiger partial charge in [0.2, 0.25) is 0 Å². The molecule has 0 aromatic carbocycles. The van der Waals surface area contributed by atoms with E-state index in [1.54, 1.807) is 7.11 Å². The molecule has 1 aromatic rings. The molecular weight excluding hydrogens is 226 g/mol. The van der Waals surface area contributed by atoms with Crippen LogP contribution in [0, 0.1) is 5.92 Å². The molecule has 4 nitrogen and oxygen atoms in total. The lowest BCUT2D eigenvalue weighted by atomic mass is 10.1. The van der Waals surface area contributed by atoms with Crippen molar-refractivity contribution in [2.24, 2.45) is 5.92 Å². The van der Waals surface area contributed by atoms with Crippen molar-refractivity contribution in [3.05, 3.63) is 17.2 Å². The molecule has 2 heterocycles. The minimum atomic E-state index is 0.656. The molecular formula is C14H25N3O. The number of methoxy groups -OCH3 is 1. The molecule has 0 radical (unpaired) electrons. The van der Waals surface area contributed by atoms with Gasteiger partial charge in [-0.1, -0.05) is 13.8 Å². The van der Waals surface area contributed by atoms with Crippen molar-refractivity contribution in [1.29, 1.82) is 0 Å². The summed E-state index contributed by atoms with van der Waals surface area (Å²) in [5.41, 5.74) is 2.70. The van der Waals surface area contributed by atoms with E-state index in [-0.39, 0.29) is 0 Å². The average Bonchev–Trinajstić information content (AvgIpc) is 2.67. The second-order valence-electron chi connectivity index (χ2n) is 5.44. The van der Waals surface area contributed by atoms with Crippen LogP contribution in [0.4, 0.5) is 0 Å². The minimum Gasteiger partial charge on any atom is -0.385 e. The van der Waals surface area contributed by atoms with Crippen LogP contribution in [0.1, 0.15) is 37.5 Å². The van der Waals surface area contributed by atoms with Gasteiger partial charge in [0.15, 0.2) is 0 Å². The molecule has 2 rings (SSSR count). The standard InChI is InChI=1S/C14H25N3O/c1-11(2)9-14-16-12-10-15-6-5-13(12)17(14)7-4-8-18-3/h11,15H,4-10H2,1-3H3. The van der Waals surface area contributed by atoms with E-state index in [0.717, 1.165) is 45.5 Å². The van der Waals surface area contributed by atoms with Gasteiger partial charge in [-0.2, -0.15) is 0 Å². The number of aromatic nitrogens is 2. The summed E-state index contributed by atoms with van der Waals surface area (Å²) in [6.45, 7) is 8.38. The normalized spacial score (nSPS) is 15.1. The molecule has 4 heteroatoms. The summed E-state index contributed by atoms with van der Waals surface area (Å²) in [5.74, 6) is 1.91. The monoisotopic (exact) mass is 251 g/mol. The Bertz CT molecular complexity index is 385. The number of fused-ring (bicyclic) bond motifs is 1. The number of ether oxygens (including phenoxy) is 1. The van der Waals surface area contributed by atoms with Gasteiger partial charge in [-0.25, -0.2) is 4.98 Å². The highest BCUT2D eigenvalue weighted by molar-refractivity contribution is 5.20. The largest absolute Gasteiger partial charge is 0.385 e. The van der Waals surface area contributed by atoms with E-state index in [1.807, 2.05) is 0 Å². The number of hydrogen-bond donors (Lipinski definition) is 1. The summed E-state index contributed by atoms with van der Waals surface area (Å²) in [5, 5.41) is 3.40. The zero-order valence-electron chi connectivity index (χ0n) is 11.8. The molecule has 0 atom stereocenters. The van der Waals surface area contributed by atoms with Gasteiger partial charge in [0.05, 0.1) is 5.69 Å². The van der Waals surface area contributed by atoms with Crippen molar-refractivity contribution >= 4 is 0 Å². The molecule has 1 aliphatic rings. The summed E-state index contributed by atoms with van der Waals surface area (Å²) in [4.78, 5) is 4.83. The van der Waals surface area contributed by atoms with Gasteiger partial charge in [-0.05, 0) is 12.3 Å². The van der Waals surface area contributed by atoms with Gasteiger partial charge in [-0.15, -0.1) is 0 Å². The molecule has 1 aromatic heterocycles. The minimum absolute atomic E-state index is 0.656. The highest BCUT2D eigenvalue weighted by atomic mass is 16.5. The van der Waals surface area contributed by atoms with Crippen LogP contribution in [0.3, 0.4) is 0 Å². The van der Waals surface area contributed by atoms with Crippen LogP contribution in [0.25, 0.3) is 0 Å². The molecule has 1 aliphatic heterocycles. The van der Waals surface area contributed by atoms with Crippen LogP contribution in [-0.2, 0) is 30.7 Å². The molecule has 0 saturated carbocycles. The molecule has 0 spiro atoms. The summed E-state index contributed by atoms with van der Waals surface area (Å²) >= 11 is 0. The predicted octanol–water partition coefficient (Wildman–Crippen LogP) is 1.76. The van der Waals surface area contributed by atoms with Crippen LogP contribution in [0.2, 0.25) is 0 Å². The third-order valence-electron chi connectivity index (χ3n) is 3.39. The SMILES string of the molecule is COCCCn1c(CC(C)C)nc2c1CCNC2. The van der Waals surface area contributed by atoms with Crippen molar-refractivity contribution in [3.63, 3.8) is 0 Å². The maximum atomic E-state index is 5.16. The van der Waals surface area contributed by atoms with Crippen LogP contribution in [0.15, 0.2) is 0 Å². The topological polar surface area (TPSA) is 39.1 Å². The van der Waals surface area contributed by atoms with E-state index in [0.29, 0.717) is 5.92 Å². The number of hydrogen-bond acceptors (Lipinski definition) is 3. The first-order valence-corrected chi connectivity index (χ1v) is 6.99. The highest BCUT2D eigenvalue weighted by Gasteiger charge is 2.19. The Morgan fingerprint density at radius 2 is 2.28 bits per heavy atom. The van der Waals surface area contributed by atoms with Crippen molar-refractivity contribution in [2.45, 2.75) is 46.2 Å². The van der Waals surface area contributed by atoms with Gasteiger partial charge in [0.25, 0.3) is 0 Å². The van der Waals surface area contributed by atoms with Crippen LogP contribution in [-0.4, -0.2) is 29.8 Å². The molecule has 0 saturated heterocycles. The Labute approximate surface area is 110 Å². The Hall–Kier alpha value is -0.870. The Morgan fingerprint density at radius 1 is 1.44 bits per heavy atom. The lowest BCUT2D eigenvalue weighted by Crippen LogP contribution is -2.25. The third-order valence-corrected chi connectivity index (χ3v) is 3.39. The molecule has 0 aliphatic carbocycles. The first-order valence-electron chi connectivity index (χ1n) is 6.99. The molecule has 18 heavy (non-hydrogen) atoms. The quantitative estimate of drug-likeness (QED) is 0.783. The number of rotatable bonds is 6. The zero-order valence-corrected chi connectivity index (χ0v) is 11.8. The van der Waals surface area contributed by atoms with Crippen molar-refractivity contribution in [3.8, 4) is 0 Å². The number of nitrogens with one attached hydrogen (secondary N) is 1. The molecule has 0 amide bonds. The van der Waals surface area contributed by atoms with Gasteiger partial charge in [0, 0.05) is 51.9 Å². The molecule has 0 bridgehead atoms. The fourth-order valence-corrected chi connectivity index (χ4v) is 2.58. The first-order chi connectivity index (χ1) is 8.72. The second kappa shape index (κ2) is 6.34. The fourth-order valence-electron chi connectivity index (χ4n) is 2.58. The molecule has 1 N–H and O–H groups in total. The summed E-state index contributed by atoms with van der Waals surface area (Å²) < 4.78 is 7.60. The third kappa shape index (κ3) is 3.12. The number of imidazole rings is 1. The molecule has 0 unspecified atom stereocenters. The summed E-state index contributed by atoms with van der Waals surface area (Å²) in [7, 11) is 1.77. The highest BCUT2D eigenvalue weighted by Crippen LogP contribution is 2.19. The van der Waals surface area contributed by atoms with E-state index >= 15 is 0 Å². The van der Waals surface area contributed by atoms with E-state index in [2.05, 4.69) is 23.7 Å². The van der Waals surface area contributed by atoms with Crippen LogP contribution < -0.4 is 5.32 Å². The van der Waals surface area contributed by atoms with Gasteiger partial charge in [-0.3, -0.25) is 0 Å². The molecule has 0 fully saturated rings. The van der Waals surface area contributed by atoms with Gasteiger partial charge >= 0.3 is 0 Å². The van der Waals surface area contributed by atoms with Crippen LogP contribution in [0.5, 0.6) is 0 Å². The smallest absolute Gasteiger partial charge is 0.109 e. The van der Waals surface area contributed by atoms with Crippen molar-refractivity contribution < 1.29 is 4.74 Å². The second-order valence-corrected chi connectivity index (χ2v) is 5.44. The van der Waals surface area contributed by atoms with E-state index in [4.69, 9.17) is 9.72 Å². The van der Waals surface area contributed by atoms with E-state index in [1.165, 1.54) is 17.2 Å². The van der Waals surface area contributed by atoms with E-state index in [9.17, 15) is 0 Å². The first kappa shape index (κ1) is 13.6. The molecule has 102 valence electrons. The Balaban J connectivity index is 2.18. The Morgan fingerprint density at radius 3 is 3.00 bits per heavy atom. The van der Waals surface area contributed by atoms with Crippen molar-refractivity contribution in [1.82, 2.24) is 14.9 Å². The summed E-state index contributed by atoms with van der Waals surface area (Å²) in [6, 6.07) is 0. The summed E-state index contributed by atoms with van der Waals surface area (Å²) in [6.07, 6.45) is 3.24. The van der Waals surface area contributed by atoms with Gasteiger partial charge in [0.1, 0.15) is 5.82 Å². The Kier molecular flexibility index (Phi) is 4.78. The maximum absolute atomic E-state index is 5.16. The lowest BCUT2D eigenvalue weighted by Gasteiger charge is -2.16. The number of nitrogens with zero attached hydrogens (tertiary/aromatic N) is 2. The zero-order chi connectivity index (χ0) is 13.0. The lowest BCUT2D eigenvalue weighted by molar-refractivity contribution is 0.189. The van der Waals surface area contributed by atoms with Crippen molar-refractivity contribution in [2.75, 3.05) is 20.3 Å². The fraction of sp³-hybridized carbons (Fsp3) is 0.786. The maximum Gasteiger partial charge on any atom is 0.109 e. The average molecular weight is 251 g/mol. The van der Waals surface area contributed by atoms with E-state index < -0.39 is 0 Å². The van der Waals surface area contributed by atoms with Gasteiger partial charge < -0.3 is 14.6 Å². The van der Waals surface area contributed by atoms with Crippen LogP contribution >= 0.6 is 0 Å².